The zero-order chi connectivity index (χ0) is 19.9. The highest BCUT2D eigenvalue weighted by molar-refractivity contribution is 6.05. The molecule has 0 aromatic heterocycles. The normalized spacial score (nSPS) is 14.9. The van der Waals surface area contributed by atoms with Gasteiger partial charge in [-0.3, -0.25) is 4.79 Å². The molecule has 0 heterocycles. The van der Waals surface area contributed by atoms with Crippen LogP contribution in [-0.2, 0) is 19.3 Å². The van der Waals surface area contributed by atoms with Crippen molar-refractivity contribution in [2.45, 2.75) is 47.0 Å². The highest BCUT2D eigenvalue weighted by Gasteiger charge is 2.45. The highest BCUT2D eigenvalue weighted by Crippen LogP contribution is 2.42. The zero-order valence-electron chi connectivity index (χ0n) is 17.3. The van der Waals surface area contributed by atoms with E-state index in [0.29, 0.717) is 5.78 Å². The summed E-state index contributed by atoms with van der Waals surface area (Å²) < 4.78 is 0. The van der Waals surface area contributed by atoms with Crippen LogP contribution in [0.2, 0.25) is 0 Å². The van der Waals surface area contributed by atoms with Gasteiger partial charge in [0.05, 0.1) is 0 Å². The first-order valence-electron chi connectivity index (χ1n) is 10.1. The van der Waals surface area contributed by atoms with Crippen LogP contribution < -0.4 is 0 Å². The molecule has 1 aliphatic rings. The van der Waals surface area contributed by atoms with Crippen molar-refractivity contribution >= 4 is 5.78 Å². The van der Waals surface area contributed by atoms with Gasteiger partial charge in [-0.05, 0) is 63.6 Å². The van der Waals surface area contributed by atoms with E-state index in [2.05, 4.69) is 76.2 Å². The van der Waals surface area contributed by atoms with Crippen molar-refractivity contribution < 1.29 is 4.79 Å². The lowest BCUT2D eigenvalue weighted by Crippen LogP contribution is -2.33. The number of fused-ring (bicyclic) bond motifs is 1. The Morgan fingerprint density at radius 1 is 0.714 bits per heavy atom. The summed E-state index contributed by atoms with van der Waals surface area (Å²) in [5.74, 6) is 0.307. The third-order valence-corrected chi connectivity index (χ3v) is 5.92. The lowest BCUT2D eigenvalue weighted by atomic mass is 9.73. The molecule has 1 heteroatoms. The maximum atomic E-state index is 13.7. The number of hydrogen-bond acceptors (Lipinski definition) is 1. The van der Waals surface area contributed by atoms with Gasteiger partial charge in [0.1, 0.15) is 0 Å². The van der Waals surface area contributed by atoms with Crippen LogP contribution in [0.5, 0.6) is 0 Å². The van der Waals surface area contributed by atoms with E-state index in [4.69, 9.17) is 0 Å². The summed E-state index contributed by atoms with van der Waals surface area (Å²) in [5, 5.41) is 0. The molecule has 1 nitrogen and oxygen atoms in total. The summed E-state index contributed by atoms with van der Waals surface area (Å²) in [7, 11) is 0. The molecule has 0 amide bonds. The van der Waals surface area contributed by atoms with Crippen LogP contribution in [0.3, 0.4) is 0 Å². The summed E-state index contributed by atoms with van der Waals surface area (Å²) in [6.07, 6.45) is 2.40. The van der Waals surface area contributed by atoms with E-state index in [1.807, 2.05) is 12.1 Å². The highest BCUT2D eigenvalue weighted by atomic mass is 16.1. The number of carbonyl (C=O) groups excluding carboxylic acids is 1. The van der Waals surface area contributed by atoms with Gasteiger partial charge < -0.3 is 0 Å². The fraction of sp³-hybridized carbons (Fsp3) is 0.296. The minimum atomic E-state index is -0.399. The number of carbonyl (C=O) groups is 1. The molecule has 0 aliphatic heterocycles. The van der Waals surface area contributed by atoms with Crippen molar-refractivity contribution in [3.05, 3.63) is 105 Å². The first kappa shape index (κ1) is 18.7. The molecular weight excluding hydrogens is 340 g/mol. The Morgan fingerprint density at radius 3 is 1.64 bits per heavy atom. The summed E-state index contributed by atoms with van der Waals surface area (Å²) in [6, 6.07) is 21.5. The largest absolute Gasteiger partial charge is 0.294 e. The molecule has 0 fully saturated rings. The minimum Gasteiger partial charge on any atom is -0.294 e. The average Bonchev–Trinajstić information content (AvgIpc) is 2.85. The van der Waals surface area contributed by atoms with Crippen molar-refractivity contribution in [3.63, 3.8) is 0 Å². The van der Waals surface area contributed by atoms with Gasteiger partial charge in [0.15, 0.2) is 5.78 Å². The molecule has 0 radical (unpaired) electrons. The smallest absolute Gasteiger partial charge is 0.170 e. The number of hydrogen-bond donors (Lipinski definition) is 0. The molecular formula is C27H28O. The topological polar surface area (TPSA) is 17.1 Å². The van der Waals surface area contributed by atoms with Crippen LogP contribution in [-0.4, -0.2) is 5.78 Å². The number of aryl methyl sites for hydroxylation is 4. The fourth-order valence-electron chi connectivity index (χ4n) is 5.10. The summed E-state index contributed by atoms with van der Waals surface area (Å²) >= 11 is 0. The fourth-order valence-corrected chi connectivity index (χ4v) is 5.10. The first-order valence-corrected chi connectivity index (χ1v) is 10.1. The molecule has 0 bridgehead atoms. The van der Waals surface area contributed by atoms with Gasteiger partial charge in [-0.25, -0.2) is 0 Å². The third-order valence-electron chi connectivity index (χ3n) is 5.92. The van der Waals surface area contributed by atoms with Crippen LogP contribution in [0.1, 0.15) is 49.3 Å². The molecule has 0 saturated heterocycles. The molecule has 0 spiro atoms. The van der Waals surface area contributed by atoms with E-state index < -0.39 is 5.41 Å². The minimum absolute atomic E-state index is 0.307. The molecule has 28 heavy (non-hydrogen) atoms. The van der Waals surface area contributed by atoms with Gasteiger partial charge >= 0.3 is 0 Å². The predicted molar refractivity (Wildman–Crippen MR) is 116 cm³/mol. The van der Waals surface area contributed by atoms with Gasteiger partial charge in [-0.1, -0.05) is 82.9 Å². The van der Waals surface area contributed by atoms with E-state index in [1.165, 1.54) is 38.9 Å². The molecule has 1 aliphatic carbocycles. The van der Waals surface area contributed by atoms with Crippen LogP contribution >= 0.6 is 0 Å². The van der Waals surface area contributed by atoms with Crippen LogP contribution in [0.15, 0.2) is 60.7 Å². The van der Waals surface area contributed by atoms with Crippen LogP contribution in [0, 0.1) is 33.1 Å². The number of ketones is 1. The Morgan fingerprint density at radius 2 is 1.18 bits per heavy atom. The molecule has 3 aromatic carbocycles. The van der Waals surface area contributed by atoms with Crippen molar-refractivity contribution in [3.8, 4) is 0 Å². The van der Waals surface area contributed by atoms with Crippen LogP contribution in [0.4, 0.5) is 0 Å². The van der Waals surface area contributed by atoms with Crippen molar-refractivity contribution in [1.82, 2.24) is 0 Å². The van der Waals surface area contributed by atoms with E-state index >= 15 is 0 Å². The first-order chi connectivity index (χ1) is 13.3. The Kier molecular flexibility index (Phi) is 4.71. The standard InChI is InChI=1S/C27H28O/c1-18-9-19(2)12-22(11-18)15-27(16-23-13-20(3)10-21(4)14-23)17-24-7-5-6-8-25(24)26(27)28/h5-14H,15-17H2,1-4H3. The molecule has 0 N–H and O–H groups in total. The monoisotopic (exact) mass is 368 g/mol. The second-order valence-corrected chi connectivity index (χ2v) is 8.79. The lowest BCUT2D eigenvalue weighted by Gasteiger charge is -2.28. The Hall–Kier alpha value is -2.67. The van der Waals surface area contributed by atoms with Crippen molar-refractivity contribution in [2.24, 2.45) is 5.41 Å². The quantitative estimate of drug-likeness (QED) is 0.541. The van der Waals surface area contributed by atoms with Gasteiger partial charge in [0.25, 0.3) is 0 Å². The predicted octanol–water partition coefficient (Wildman–Crippen LogP) is 6.13. The van der Waals surface area contributed by atoms with E-state index in [9.17, 15) is 4.79 Å². The van der Waals surface area contributed by atoms with Gasteiger partial charge in [-0.15, -0.1) is 0 Å². The second-order valence-electron chi connectivity index (χ2n) is 8.79. The number of benzene rings is 3. The summed E-state index contributed by atoms with van der Waals surface area (Å²) in [5.41, 5.74) is 9.30. The van der Waals surface area contributed by atoms with E-state index in [1.54, 1.807) is 0 Å². The summed E-state index contributed by atoms with van der Waals surface area (Å²) in [4.78, 5) is 13.7. The maximum absolute atomic E-state index is 13.7. The third kappa shape index (κ3) is 3.54. The number of rotatable bonds is 4. The Labute approximate surface area is 168 Å². The number of Topliss-reactive ketones (excluding diaryl/α,β-unsaturated/α-hetero) is 1. The van der Waals surface area contributed by atoms with Gasteiger partial charge in [-0.2, -0.15) is 0 Å². The van der Waals surface area contributed by atoms with Gasteiger partial charge in [0.2, 0.25) is 0 Å². The Balaban J connectivity index is 1.79. The lowest BCUT2D eigenvalue weighted by molar-refractivity contribution is 0.0816. The molecule has 0 unspecified atom stereocenters. The van der Waals surface area contributed by atoms with E-state index in [-0.39, 0.29) is 0 Å². The van der Waals surface area contributed by atoms with Gasteiger partial charge in [0, 0.05) is 11.0 Å². The van der Waals surface area contributed by atoms with Crippen molar-refractivity contribution in [2.75, 3.05) is 0 Å². The SMILES string of the molecule is Cc1cc(C)cc(CC2(Cc3cc(C)cc(C)c3)Cc3ccccc3C2=O)c1. The zero-order valence-corrected chi connectivity index (χ0v) is 17.3. The molecule has 142 valence electrons. The van der Waals surface area contributed by atoms with Crippen molar-refractivity contribution in [1.29, 1.82) is 0 Å². The Bertz CT molecular complexity index is 964. The molecule has 0 atom stereocenters. The summed E-state index contributed by atoms with van der Waals surface area (Å²) in [6.45, 7) is 8.55. The van der Waals surface area contributed by atoms with E-state index in [0.717, 1.165) is 24.8 Å². The molecule has 3 aromatic rings. The van der Waals surface area contributed by atoms with Crippen LogP contribution in [0.25, 0.3) is 0 Å². The average molecular weight is 369 g/mol. The molecule has 0 saturated carbocycles. The maximum Gasteiger partial charge on any atom is 0.170 e. The second kappa shape index (κ2) is 7.05. The molecule has 4 rings (SSSR count).